The Labute approximate surface area is 364 Å². The Morgan fingerprint density at radius 2 is 0.790 bits per heavy atom. The second-order valence-electron chi connectivity index (χ2n) is 16.8. The van der Waals surface area contributed by atoms with Crippen molar-refractivity contribution in [3.05, 3.63) is 248 Å². The van der Waals surface area contributed by atoms with Crippen molar-refractivity contribution < 1.29 is 0 Å². The van der Waals surface area contributed by atoms with Crippen molar-refractivity contribution in [1.29, 1.82) is 0 Å². The van der Waals surface area contributed by atoms with E-state index >= 15 is 0 Å². The Bertz CT molecular complexity index is 3260. The normalized spacial score (nSPS) is 12.5. The topological polar surface area (TPSA) is 3.24 Å². The summed E-state index contributed by atoms with van der Waals surface area (Å²) in [5.74, 6) is 0. The van der Waals surface area contributed by atoms with E-state index in [-0.39, 0.29) is 5.41 Å². The molecule has 0 aromatic heterocycles. The van der Waals surface area contributed by atoms with Crippen molar-refractivity contribution in [2.75, 3.05) is 4.90 Å². The van der Waals surface area contributed by atoms with Gasteiger partial charge in [-0.15, -0.1) is 0 Å². The van der Waals surface area contributed by atoms with Crippen LogP contribution in [0.15, 0.2) is 237 Å². The number of rotatable bonds is 8. The lowest BCUT2D eigenvalue weighted by Crippen LogP contribution is -2.16. The van der Waals surface area contributed by atoms with Crippen LogP contribution >= 0.6 is 0 Å². The minimum Gasteiger partial charge on any atom is -0.310 e. The molecule has 1 aliphatic rings. The second-order valence-corrected chi connectivity index (χ2v) is 16.8. The summed E-state index contributed by atoms with van der Waals surface area (Å²) in [5.41, 5.74) is 20.5. The largest absolute Gasteiger partial charge is 0.310 e. The first-order chi connectivity index (χ1) is 30.5. The molecule has 0 fully saturated rings. The van der Waals surface area contributed by atoms with E-state index < -0.39 is 0 Å². The molecule has 1 heteroatoms. The molecule has 0 radical (unpaired) electrons. The molecule has 0 bridgehead atoms. The fraction of sp³-hybridized carbons (Fsp3) is 0.0492. The first-order valence-electron chi connectivity index (χ1n) is 21.6. The van der Waals surface area contributed by atoms with Crippen LogP contribution < -0.4 is 4.90 Å². The van der Waals surface area contributed by atoms with Crippen molar-refractivity contribution in [1.82, 2.24) is 0 Å². The van der Waals surface area contributed by atoms with Crippen molar-refractivity contribution in [2.45, 2.75) is 19.3 Å². The molecule has 0 saturated carbocycles. The van der Waals surface area contributed by atoms with Gasteiger partial charge in [-0.2, -0.15) is 0 Å². The fourth-order valence-corrected chi connectivity index (χ4v) is 10.1. The highest BCUT2D eigenvalue weighted by atomic mass is 15.1. The van der Waals surface area contributed by atoms with Crippen molar-refractivity contribution in [2.24, 2.45) is 0 Å². The van der Waals surface area contributed by atoms with Crippen LogP contribution in [0.25, 0.3) is 77.5 Å². The van der Waals surface area contributed by atoms with Crippen LogP contribution in [0, 0.1) is 0 Å². The summed E-state index contributed by atoms with van der Waals surface area (Å²) in [5, 5.41) is 2.47. The van der Waals surface area contributed by atoms with Gasteiger partial charge >= 0.3 is 0 Å². The highest BCUT2D eigenvalue weighted by Gasteiger charge is 2.37. The van der Waals surface area contributed by atoms with E-state index in [9.17, 15) is 0 Å². The monoisotopic (exact) mass is 791 g/mol. The van der Waals surface area contributed by atoms with Crippen LogP contribution in [0.5, 0.6) is 0 Å². The zero-order chi connectivity index (χ0) is 41.6. The smallest absolute Gasteiger partial charge is 0.0546 e. The van der Waals surface area contributed by atoms with Gasteiger partial charge in [0.2, 0.25) is 0 Å². The first-order valence-corrected chi connectivity index (χ1v) is 21.6. The maximum atomic E-state index is 2.49. The zero-order valence-electron chi connectivity index (χ0n) is 35.0. The summed E-state index contributed by atoms with van der Waals surface area (Å²) >= 11 is 0. The van der Waals surface area contributed by atoms with Crippen LogP contribution in [-0.4, -0.2) is 0 Å². The van der Waals surface area contributed by atoms with Gasteiger partial charge in [0, 0.05) is 22.4 Å². The Balaban J connectivity index is 1.18. The number of hydrogen-bond donors (Lipinski definition) is 0. The van der Waals surface area contributed by atoms with E-state index in [1.54, 1.807) is 0 Å². The van der Waals surface area contributed by atoms with Gasteiger partial charge in [0.1, 0.15) is 0 Å². The summed E-state index contributed by atoms with van der Waals surface area (Å²) in [6, 6.07) is 86.7. The predicted octanol–water partition coefficient (Wildman–Crippen LogP) is 17.0. The number of benzene rings is 10. The van der Waals surface area contributed by atoms with Gasteiger partial charge < -0.3 is 4.90 Å². The Hall–Kier alpha value is -7.74. The first kappa shape index (κ1) is 37.3. The molecule has 10 aromatic carbocycles. The summed E-state index contributed by atoms with van der Waals surface area (Å²) in [4.78, 5) is 2.49. The van der Waals surface area contributed by atoms with Crippen LogP contribution in [0.4, 0.5) is 17.1 Å². The van der Waals surface area contributed by atoms with Gasteiger partial charge in [-0.3, -0.25) is 0 Å². The van der Waals surface area contributed by atoms with E-state index in [4.69, 9.17) is 0 Å². The molecule has 0 spiro atoms. The van der Waals surface area contributed by atoms with E-state index in [0.29, 0.717) is 0 Å². The number of fused-ring (bicyclic) bond motifs is 4. The molecule has 0 amide bonds. The van der Waals surface area contributed by atoms with Gasteiger partial charge in [-0.25, -0.2) is 0 Å². The third kappa shape index (κ3) is 6.33. The average molecular weight is 792 g/mol. The minimum absolute atomic E-state index is 0.149. The summed E-state index contributed by atoms with van der Waals surface area (Å²) in [7, 11) is 0. The Morgan fingerprint density at radius 1 is 0.323 bits per heavy atom. The molecule has 11 rings (SSSR count). The van der Waals surface area contributed by atoms with Crippen LogP contribution in [-0.2, 0) is 5.41 Å². The van der Waals surface area contributed by atoms with Crippen molar-refractivity contribution in [3.8, 4) is 66.8 Å². The summed E-state index contributed by atoms with van der Waals surface area (Å²) in [6.45, 7) is 4.75. The van der Waals surface area contributed by atoms with Crippen molar-refractivity contribution >= 4 is 27.8 Å². The maximum Gasteiger partial charge on any atom is 0.0546 e. The van der Waals surface area contributed by atoms with Crippen molar-refractivity contribution in [3.63, 3.8) is 0 Å². The third-order valence-electron chi connectivity index (χ3n) is 12.8. The highest BCUT2D eigenvalue weighted by molar-refractivity contribution is 6.02. The maximum absolute atomic E-state index is 2.49. The number of hydrogen-bond acceptors (Lipinski definition) is 1. The molecule has 0 N–H and O–H groups in total. The van der Waals surface area contributed by atoms with Gasteiger partial charge in [0.25, 0.3) is 0 Å². The third-order valence-corrected chi connectivity index (χ3v) is 12.8. The molecule has 62 heavy (non-hydrogen) atoms. The fourth-order valence-electron chi connectivity index (χ4n) is 10.1. The molecular formula is C61H45N. The zero-order valence-corrected chi connectivity index (χ0v) is 35.0. The average Bonchev–Trinajstić information content (AvgIpc) is 3.58. The number of anilines is 3. The second kappa shape index (κ2) is 15.4. The SMILES string of the molecule is CC1(C)c2ccccc2-c2cccc(-c3cccc(N(c4cccc(-c5cccc6ccccc56)c4)c4cccc(-c5ccccc5)c4-c4ccccc4-c4ccccc4)c3)c21. The molecule has 0 unspecified atom stereocenters. The lowest BCUT2D eigenvalue weighted by Gasteiger charge is -2.31. The summed E-state index contributed by atoms with van der Waals surface area (Å²) in [6.07, 6.45) is 0. The molecule has 10 aromatic rings. The number of nitrogens with zero attached hydrogens (tertiary/aromatic N) is 1. The quantitative estimate of drug-likeness (QED) is 0.148. The van der Waals surface area contributed by atoms with E-state index in [2.05, 4.69) is 255 Å². The molecule has 1 aliphatic carbocycles. The summed E-state index contributed by atoms with van der Waals surface area (Å²) < 4.78 is 0. The molecule has 294 valence electrons. The Kier molecular flexibility index (Phi) is 9.24. The van der Waals surface area contributed by atoms with Crippen LogP contribution in [0.3, 0.4) is 0 Å². The van der Waals surface area contributed by atoms with E-state index in [1.807, 2.05) is 0 Å². The van der Waals surface area contributed by atoms with Crippen LogP contribution in [0.1, 0.15) is 25.0 Å². The lowest BCUT2D eigenvalue weighted by atomic mass is 9.79. The predicted molar refractivity (Wildman–Crippen MR) is 263 cm³/mol. The molecule has 0 saturated heterocycles. The van der Waals surface area contributed by atoms with E-state index in [1.165, 1.54) is 88.7 Å². The molecule has 0 aliphatic heterocycles. The minimum atomic E-state index is -0.149. The molecular weight excluding hydrogens is 747 g/mol. The highest BCUT2D eigenvalue weighted by Crippen LogP contribution is 2.53. The molecule has 0 atom stereocenters. The van der Waals surface area contributed by atoms with Gasteiger partial charge in [-0.05, 0) is 113 Å². The lowest BCUT2D eigenvalue weighted by molar-refractivity contribution is 0.662. The van der Waals surface area contributed by atoms with Gasteiger partial charge in [0.05, 0.1) is 5.69 Å². The Morgan fingerprint density at radius 3 is 1.53 bits per heavy atom. The van der Waals surface area contributed by atoms with Crippen LogP contribution in [0.2, 0.25) is 0 Å². The van der Waals surface area contributed by atoms with E-state index in [0.717, 1.165) is 17.1 Å². The molecule has 1 nitrogen and oxygen atoms in total. The standard InChI is InChI=1S/C61H45N/c1-61(2)57-38-14-13-32-54(57)56-37-18-36-53(60(56)61)46-27-16-29-48(41-46)62(47-28-15-26-45(40-47)51-34-17-25-43-24-9-10-30-49(43)51)58-39-19-35-52(44-22-7-4-8-23-44)59(58)55-33-12-11-31-50(55)42-20-5-3-6-21-42/h3-41H,1-2H3. The molecule has 0 heterocycles. The van der Waals surface area contributed by atoms with Gasteiger partial charge in [0.15, 0.2) is 0 Å². The van der Waals surface area contributed by atoms with Gasteiger partial charge in [-0.1, -0.05) is 220 Å².